The molecule has 2 atom stereocenters. The molecule has 0 aromatic heterocycles. The highest BCUT2D eigenvalue weighted by Crippen LogP contribution is 2.48. The van der Waals surface area contributed by atoms with Crippen molar-refractivity contribution in [1.82, 2.24) is 5.32 Å². The molecule has 0 bridgehead atoms. The van der Waals surface area contributed by atoms with Crippen LogP contribution in [-0.2, 0) is 9.47 Å². The predicted molar refractivity (Wildman–Crippen MR) is 69.5 cm³/mol. The standard InChI is InChI=1S/C14H24F3NO2/c1-2-6-18-8-13(9-19-10-14(15,16)17)5-7-20-12(13)11-3-4-11/h11-12,18H,2-10H2,1H3. The van der Waals surface area contributed by atoms with Gasteiger partial charge in [0, 0.05) is 18.6 Å². The third-order valence-electron chi connectivity index (χ3n) is 4.11. The number of rotatable bonds is 8. The van der Waals surface area contributed by atoms with Gasteiger partial charge in [-0.05, 0) is 38.1 Å². The first-order chi connectivity index (χ1) is 9.47. The van der Waals surface area contributed by atoms with E-state index in [4.69, 9.17) is 9.47 Å². The molecule has 1 aliphatic carbocycles. The molecule has 6 heteroatoms. The third-order valence-corrected chi connectivity index (χ3v) is 4.11. The monoisotopic (exact) mass is 295 g/mol. The Morgan fingerprint density at radius 3 is 2.70 bits per heavy atom. The number of hydrogen-bond acceptors (Lipinski definition) is 3. The molecule has 1 saturated carbocycles. The summed E-state index contributed by atoms with van der Waals surface area (Å²) in [4.78, 5) is 0. The molecule has 0 aromatic carbocycles. The van der Waals surface area contributed by atoms with Crippen LogP contribution in [0.15, 0.2) is 0 Å². The van der Waals surface area contributed by atoms with Crippen molar-refractivity contribution in [2.24, 2.45) is 11.3 Å². The molecule has 0 aromatic rings. The summed E-state index contributed by atoms with van der Waals surface area (Å²) in [5.41, 5.74) is -0.290. The fourth-order valence-corrected chi connectivity index (χ4v) is 3.02. The second-order valence-corrected chi connectivity index (χ2v) is 6.03. The Bertz CT molecular complexity index is 307. The summed E-state index contributed by atoms with van der Waals surface area (Å²) in [7, 11) is 0. The van der Waals surface area contributed by atoms with E-state index in [9.17, 15) is 13.2 Å². The zero-order chi connectivity index (χ0) is 14.6. The SMILES string of the molecule is CCCNCC1(COCC(F)(F)F)CCOC1C1CC1. The molecule has 2 unspecified atom stereocenters. The molecule has 20 heavy (non-hydrogen) atoms. The van der Waals surface area contributed by atoms with Gasteiger partial charge in [0.2, 0.25) is 0 Å². The maximum absolute atomic E-state index is 12.3. The Morgan fingerprint density at radius 1 is 1.35 bits per heavy atom. The van der Waals surface area contributed by atoms with Crippen LogP contribution in [0.25, 0.3) is 0 Å². The second-order valence-electron chi connectivity index (χ2n) is 6.03. The van der Waals surface area contributed by atoms with E-state index >= 15 is 0 Å². The van der Waals surface area contributed by atoms with Crippen LogP contribution in [0.1, 0.15) is 32.6 Å². The van der Waals surface area contributed by atoms with Crippen LogP contribution >= 0.6 is 0 Å². The quantitative estimate of drug-likeness (QED) is 0.699. The lowest BCUT2D eigenvalue weighted by molar-refractivity contribution is -0.183. The number of nitrogens with one attached hydrogen (secondary N) is 1. The first kappa shape index (κ1) is 16.0. The summed E-state index contributed by atoms with van der Waals surface area (Å²) >= 11 is 0. The van der Waals surface area contributed by atoms with Gasteiger partial charge in [0.05, 0.1) is 12.7 Å². The molecule has 0 radical (unpaired) electrons. The lowest BCUT2D eigenvalue weighted by Gasteiger charge is -2.34. The molecular weight excluding hydrogens is 271 g/mol. The highest BCUT2D eigenvalue weighted by atomic mass is 19.4. The van der Waals surface area contributed by atoms with E-state index in [0.717, 1.165) is 32.2 Å². The lowest BCUT2D eigenvalue weighted by Crippen LogP contribution is -2.46. The Balaban J connectivity index is 1.92. The van der Waals surface area contributed by atoms with E-state index in [1.165, 1.54) is 0 Å². The number of ether oxygens (including phenoxy) is 2. The molecule has 2 aliphatic rings. The smallest absolute Gasteiger partial charge is 0.377 e. The van der Waals surface area contributed by atoms with Crippen LogP contribution < -0.4 is 5.32 Å². The topological polar surface area (TPSA) is 30.5 Å². The van der Waals surface area contributed by atoms with E-state index in [0.29, 0.717) is 19.1 Å². The predicted octanol–water partition coefficient (Wildman–Crippen LogP) is 2.75. The zero-order valence-electron chi connectivity index (χ0n) is 12.0. The average Bonchev–Trinajstić information content (AvgIpc) is 3.11. The van der Waals surface area contributed by atoms with Crippen LogP contribution in [0, 0.1) is 11.3 Å². The maximum atomic E-state index is 12.3. The van der Waals surface area contributed by atoms with Crippen LogP contribution in [0.3, 0.4) is 0 Å². The summed E-state index contributed by atoms with van der Waals surface area (Å²) in [6, 6.07) is 0. The molecule has 1 heterocycles. The normalized spacial score (nSPS) is 30.9. The average molecular weight is 295 g/mol. The van der Waals surface area contributed by atoms with Crippen molar-refractivity contribution in [2.45, 2.75) is 44.9 Å². The number of hydrogen-bond donors (Lipinski definition) is 1. The molecule has 2 rings (SSSR count). The van der Waals surface area contributed by atoms with Gasteiger partial charge in [-0.3, -0.25) is 0 Å². The van der Waals surface area contributed by atoms with Gasteiger partial charge < -0.3 is 14.8 Å². The van der Waals surface area contributed by atoms with Crippen molar-refractivity contribution in [1.29, 1.82) is 0 Å². The van der Waals surface area contributed by atoms with Crippen LogP contribution in [0.5, 0.6) is 0 Å². The van der Waals surface area contributed by atoms with Gasteiger partial charge >= 0.3 is 6.18 Å². The summed E-state index contributed by atoms with van der Waals surface area (Å²) < 4.78 is 47.6. The van der Waals surface area contributed by atoms with Crippen LogP contribution in [-0.4, -0.2) is 45.2 Å². The summed E-state index contributed by atoms with van der Waals surface area (Å²) in [6.45, 7) is 3.22. The number of halogens is 3. The third kappa shape index (κ3) is 4.33. The minimum Gasteiger partial charge on any atom is -0.377 e. The molecule has 0 spiro atoms. The van der Waals surface area contributed by atoms with E-state index in [1.807, 2.05) is 0 Å². The van der Waals surface area contributed by atoms with Crippen molar-refractivity contribution in [2.75, 3.05) is 32.9 Å². The molecule has 3 nitrogen and oxygen atoms in total. The summed E-state index contributed by atoms with van der Waals surface area (Å²) in [6.07, 6.45) is -0.164. The lowest BCUT2D eigenvalue weighted by atomic mass is 9.79. The first-order valence-electron chi connectivity index (χ1n) is 7.44. The highest BCUT2D eigenvalue weighted by Gasteiger charge is 2.51. The van der Waals surface area contributed by atoms with Crippen molar-refractivity contribution >= 4 is 0 Å². The molecule has 1 saturated heterocycles. The summed E-state index contributed by atoms with van der Waals surface area (Å²) in [5, 5.41) is 3.34. The fourth-order valence-electron chi connectivity index (χ4n) is 3.02. The van der Waals surface area contributed by atoms with Gasteiger partial charge in [0.15, 0.2) is 0 Å². The molecule has 0 amide bonds. The Labute approximate surface area is 118 Å². The van der Waals surface area contributed by atoms with E-state index < -0.39 is 12.8 Å². The largest absolute Gasteiger partial charge is 0.411 e. The molecule has 118 valence electrons. The molecule has 1 aliphatic heterocycles. The fraction of sp³-hybridized carbons (Fsp3) is 1.00. The molecular formula is C14H24F3NO2. The molecule has 1 N–H and O–H groups in total. The van der Waals surface area contributed by atoms with Gasteiger partial charge in [-0.1, -0.05) is 6.92 Å². The highest BCUT2D eigenvalue weighted by molar-refractivity contribution is 5.00. The Morgan fingerprint density at radius 2 is 2.10 bits per heavy atom. The minimum atomic E-state index is -4.26. The van der Waals surface area contributed by atoms with Crippen molar-refractivity contribution < 1.29 is 22.6 Å². The maximum Gasteiger partial charge on any atom is 0.411 e. The van der Waals surface area contributed by atoms with E-state index in [1.54, 1.807) is 0 Å². The van der Waals surface area contributed by atoms with Gasteiger partial charge in [0.1, 0.15) is 6.61 Å². The number of alkyl halides is 3. The Kier molecular flexibility index (Phi) is 5.31. The van der Waals surface area contributed by atoms with E-state index in [-0.39, 0.29) is 18.1 Å². The minimum absolute atomic E-state index is 0.0556. The second kappa shape index (κ2) is 6.62. The van der Waals surface area contributed by atoms with Gasteiger partial charge in [-0.25, -0.2) is 0 Å². The van der Waals surface area contributed by atoms with Gasteiger partial charge in [0.25, 0.3) is 0 Å². The van der Waals surface area contributed by atoms with Gasteiger partial charge in [-0.15, -0.1) is 0 Å². The molecule has 2 fully saturated rings. The van der Waals surface area contributed by atoms with E-state index in [2.05, 4.69) is 12.2 Å². The van der Waals surface area contributed by atoms with Gasteiger partial charge in [-0.2, -0.15) is 13.2 Å². The van der Waals surface area contributed by atoms with Crippen LogP contribution in [0.2, 0.25) is 0 Å². The van der Waals surface area contributed by atoms with Crippen LogP contribution in [0.4, 0.5) is 13.2 Å². The Hall–Kier alpha value is -0.330. The van der Waals surface area contributed by atoms with Crippen molar-refractivity contribution in [3.8, 4) is 0 Å². The zero-order valence-corrected chi connectivity index (χ0v) is 12.0. The summed E-state index contributed by atoms with van der Waals surface area (Å²) in [5.74, 6) is 0.510. The van der Waals surface area contributed by atoms with Crippen molar-refractivity contribution in [3.63, 3.8) is 0 Å². The first-order valence-corrected chi connectivity index (χ1v) is 7.44. The van der Waals surface area contributed by atoms with Crippen molar-refractivity contribution in [3.05, 3.63) is 0 Å².